The van der Waals surface area contributed by atoms with E-state index in [9.17, 15) is 35.7 Å². The van der Waals surface area contributed by atoms with E-state index in [0.717, 1.165) is 0 Å². The highest BCUT2D eigenvalue weighted by molar-refractivity contribution is 5.52. The van der Waals surface area contributed by atoms with E-state index in [4.69, 9.17) is 18.9 Å². The van der Waals surface area contributed by atoms with E-state index in [0.29, 0.717) is 16.7 Å². The Morgan fingerprint density at radius 1 is 0.939 bits per heavy atom. The van der Waals surface area contributed by atoms with Crippen molar-refractivity contribution in [2.24, 2.45) is 0 Å². The molecule has 8 atom stereocenters. The van der Waals surface area contributed by atoms with Crippen LogP contribution in [-0.4, -0.2) is 79.2 Å². The molecular formula is C22H24O11. The summed E-state index contributed by atoms with van der Waals surface area (Å²) in [6.07, 6.45) is -9.74. The maximum absolute atomic E-state index is 10.9. The quantitative estimate of drug-likeness (QED) is 0.287. The van der Waals surface area contributed by atoms with E-state index in [2.05, 4.69) is 0 Å². The highest BCUT2D eigenvalue weighted by Crippen LogP contribution is 2.49. The first-order valence-electron chi connectivity index (χ1n) is 10.4. The fraction of sp³-hybridized carbons (Fsp3) is 0.455. The van der Waals surface area contributed by atoms with Crippen LogP contribution in [0.3, 0.4) is 0 Å². The van der Waals surface area contributed by atoms with Crippen LogP contribution in [0.2, 0.25) is 0 Å². The van der Waals surface area contributed by atoms with Crippen molar-refractivity contribution >= 4 is 0 Å². The van der Waals surface area contributed by atoms with Gasteiger partial charge in [0.15, 0.2) is 17.6 Å². The zero-order valence-electron chi connectivity index (χ0n) is 17.2. The zero-order valence-corrected chi connectivity index (χ0v) is 17.2. The van der Waals surface area contributed by atoms with Crippen LogP contribution in [0.25, 0.3) is 0 Å². The van der Waals surface area contributed by atoms with E-state index in [1.165, 1.54) is 18.2 Å². The minimum Gasteiger partial charge on any atom is -0.504 e. The number of rotatable bonds is 3. The molecule has 1 saturated heterocycles. The first-order chi connectivity index (χ1) is 15.8. The van der Waals surface area contributed by atoms with Crippen molar-refractivity contribution in [3.05, 3.63) is 47.0 Å². The smallest absolute Gasteiger partial charge is 0.229 e. The summed E-state index contributed by atoms with van der Waals surface area (Å²) in [7, 11) is 0. The minimum absolute atomic E-state index is 0.00914. The number of phenols is 2. The average Bonchev–Trinajstić information content (AvgIpc) is 2.81. The van der Waals surface area contributed by atoms with Crippen LogP contribution in [0.5, 0.6) is 23.0 Å². The van der Waals surface area contributed by atoms with Gasteiger partial charge in [-0.15, -0.1) is 0 Å². The molecule has 0 spiro atoms. The molecule has 0 amide bonds. The van der Waals surface area contributed by atoms with Crippen molar-refractivity contribution in [2.75, 3.05) is 6.61 Å². The zero-order chi connectivity index (χ0) is 23.4. The Morgan fingerprint density at radius 2 is 1.70 bits per heavy atom. The molecule has 0 radical (unpaired) electrons. The lowest BCUT2D eigenvalue weighted by atomic mass is 9.87. The van der Waals surface area contributed by atoms with Crippen LogP contribution in [-0.2, 0) is 16.1 Å². The highest BCUT2D eigenvalue weighted by atomic mass is 16.7. The number of benzene rings is 2. The Labute approximate surface area is 187 Å². The second kappa shape index (κ2) is 8.29. The lowest BCUT2D eigenvalue weighted by Gasteiger charge is -2.41. The third-order valence-electron chi connectivity index (χ3n) is 6.29. The summed E-state index contributed by atoms with van der Waals surface area (Å²) in [5.41, 5.74) is 1.36. The Balaban J connectivity index is 1.42. The van der Waals surface area contributed by atoms with Crippen molar-refractivity contribution in [2.45, 2.75) is 55.6 Å². The molecule has 2 aromatic carbocycles. The largest absolute Gasteiger partial charge is 0.504 e. The lowest BCUT2D eigenvalue weighted by molar-refractivity contribution is -0.277. The van der Waals surface area contributed by atoms with Crippen molar-refractivity contribution in [3.63, 3.8) is 0 Å². The van der Waals surface area contributed by atoms with Gasteiger partial charge < -0.3 is 54.7 Å². The highest BCUT2D eigenvalue weighted by Gasteiger charge is 2.46. The number of hydrogen-bond acceptors (Lipinski definition) is 11. The average molecular weight is 464 g/mol. The van der Waals surface area contributed by atoms with Crippen LogP contribution >= 0.6 is 0 Å². The Kier molecular flexibility index (Phi) is 5.57. The van der Waals surface area contributed by atoms with E-state index < -0.39 is 55.6 Å². The molecule has 3 aliphatic rings. The Hall–Kier alpha value is -2.64. The first-order valence-corrected chi connectivity index (χ1v) is 10.4. The van der Waals surface area contributed by atoms with Gasteiger partial charge in [0.05, 0.1) is 13.2 Å². The lowest BCUT2D eigenvalue weighted by Crippen LogP contribution is -2.60. The van der Waals surface area contributed by atoms with Gasteiger partial charge in [-0.25, -0.2) is 0 Å². The van der Waals surface area contributed by atoms with Gasteiger partial charge in [0.1, 0.15) is 48.1 Å². The molecule has 11 nitrogen and oxygen atoms in total. The minimum atomic E-state index is -1.59. The van der Waals surface area contributed by atoms with Gasteiger partial charge in [-0.1, -0.05) is 6.07 Å². The fourth-order valence-electron chi connectivity index (χ4n) is 4.44. The number of aliphatic hydroxyl groups is 5. The second-order valence-corrected chi connectivity index (χ2v) is 8.27. The molecule has 0 saturated carbocycles. The van der Waals surface area contributed by atoms with Crippen molar-refractivity contribution in [3.8, 4) is 23.0 Å². The van der Waals surface area contributed by atoms with Gasteiger partial charge in [-0.3, -0.25) is 0 Å². The summed E-state index contributed by atoms with van der Waals surface area (Å²) in [6.45, 7) is -0.597. The number of fused-ring (bicyclic) bond motifs is 4. The number of hydrogen-bond donors (Lipinski definition) is 7. The van der Waals surface area contributed by atoms with E-state index in [1.54, 1.807) is 12.1 Å². The molecule has 0 unspecified atom stereocenters. The summed E-state index contributed by atoms with van der Waals surface area (Å²) in [4.78, 5) is 0. The molecule has 2 aromatic rings. The van der Waals surface area contributed by atoms with Gasteiger partial charge >= 0.3 is 0 Å². The van der Waals surface area contributed by atoms with Crippen LogP contribution in [0, 0.1) is 0 Å². The molecule has 178 valence electrons. The molecule has 3 heterocycles. The number of phenolic OH excluding ortho intramolecular Hbond substituents is 2. The van der Waals surface area contributed by atoms with Crippen LogP contribution in [0.4, 0.5) is 0 Å². The molecule has 33 heavy (non-hydrogen) atoms. The van der Waals surface area contributed by atoms with Crippen LogP contribution < -0.4 is 9.47 Å². The number of aliphatic hydroxyl groups excluding tert-OH is 5. The monoisotopic (exact) mass is 464 g/mol. The van der Waals surface area contributed by atoms with Crippen molar-refractivity contribution in [1.82, 2.24) is 0 Å². The van der Waals surface area contributed by atoms with E-state index in [-0.39, 0.29) is 29.6 Å². The molecule has 0 bridgehead atoms. The summed E-state index contributed by atoms with van der Waals surface area (Å²) in [5, 5.41) is 70.2. The molecular weight excluding hydrogens is 440 g/mol. The maximum atomic E-state index is 10.9. The molecule has 0 aromatic heterocycles. The van der Waals surface area contributed by atoms with Gasteiger partial charge in [0.2, 0.25) is 6.29 Å². The molecule has 1 fully saturated rings. The van der Waals surface area contributed by atoms with Crippen LogP contribution in [0.1, 0.15) is 28.9 Å². The summed E-state index contributed by atoms with van der Waals surface area (Å²) >= 11 is 0. The number of ether oxygens (including phenoxy) is 4. The predicted molar refractivity (Wildman–Crippen MR) is 108 cm³/mol. The van der Waals surface area contributed by atoms with Crippen molar-refractivity contribution < 1.29 is 54.7 Å². The Morgan fingerprint density at radius 3 is 2.45 bits per heavy atom. The van der Waals surface area contributed by atoms with Gasteiger partial charge in [0.25, 0.3) is 0 Å². The summed E-state index contributed by atoms with van der Waals surface area (Å²) in [6, 6.07) is 7.46. The summed E-state index contributed by atoms with van der Waals surface area (Å²) in [5.74, 6) is -0.165. The third-order valence-corrected chi connectivity index (χ3v) is 6.29. The van der Waals surface area contributed by atoms with Crippen molar-refractivity contribution in [1.29, 1.82) is 0 Å². The number of aromatic hydroxyl groups is 2. The molecule has 7 N–H and O–H groups in total. The Bertz CT molecular complexity index is 1040. The fourth-order valence-corrected chi connectivity index (χ4v) is 4.44. The van der Waals surface area contributed by atoms with Gasteiger partial charge in [-0.2, -0.15) is 0 Å². The van der Waals surface area contributed by atoms with E-state index in [1.807, 2.05) is 0 Å². The van der Waals surface area contributed by atoms with Crippen LogP contribution in [0.15, 0.2) is 30.3 Å². The first kappa shape index (κ1) is 22.2. The second-order valence-electron chi connectivity index (χ2n) is 8.27. The standard InChI is InChI=1S/C22H24O11/c23-6-14-17(27)18(28)19(29)22(33-14)31-8-1-2-10-13(5-8)32-20-9-3-4-12(24)15(25)11(9)7-30-21(20)16(10)26/h1-5,14,16-29H,6-7H2/t14-,16+,17-,18+,19-,20-,21+,22-/m1/s1. The molecule has 5 rings (SSSR count). The van der Waals surface area contributed by atoms with Gasteiger partial charge in [0, 0.05) is 22.8 Å². The molecule has 0 aliphatic carbocycles. The normalized spacial score (nSPS) is 35.1. The summed E-state index contributed by atoms with van der Waals surface area (Å²) < 4.78 is 22.8. The molecule has 3 aliphatic heterocycles. The predicted octanol–water partition coefficient (Wildman–Crippen LogP) is -0.658. The van der Waals surface area contributed by atoms with Gasteiger partial charge in [-0.05, 0) is 18.2 Å². The third kappa shape index (κ3) is 3.58. The topological polar surface area (TPSA) is 179 Å². The van der Waals surface area contributed by atoms with E-state index >= 15 is 0 Å². The molecule has 11 heteroatoms. The SMILES string of the molecule is OC[C@H]1O[C@@H](Oc2ccc3c(c2)O[C@@H]2c4ccc(O)c(O)c4CO[C@H]2[C@H]3O)[C@H](O)[C@@H](O)[C@@H]1O. The maximum Gasteiger partial charge on any atom is 0.229 e.